The van der Waals surface area contributed by atoms with E-state index in [1.807, 2.05) is 65.0 Å². The Morgan fingerprint density at radius 1 is 0.977 bits per heavy atom. The van der Waals surface area contributed by atoms with Crippen LogP contribution in [0.3, 0.4) is 0 Å². The van der Waals surface area contributed by atoms with Crippen LogP contribution in [0.5, 0.6) is 0 Å². The monoisotopic (exact) mass is 597 g/mol. The number of rotatable bonds is 8. The second-order valence-corrected chi connectivity index (χ2v) is 12.0. The molecule has 1 aromatic heterocycles. The molecule has 0 radical (unpaired) electrons. The van der Waals surface area contributed by atoms with E-state index in [0.717, 1.165) is 22.4 Å². The minimum atomic E-state index is -0.820. The summed E-state index contributed by atoms with van der Waals surface area (Å²) in [5.74, 6) is -0.242. The summed E-state index contributed by atoms with van der Waals surface area (Å²) in [7, 11) is 0. The summed E-state index contributed by atoms with van der Waals surface area (Å²) in [5.41, 5.74) is 4.75. The molecule has 0 saturated carbocycles. The molecule has 2 N–H and O–H groups in total. The lowest BCUT2D eigenvalue weighted by atomic mass is 9.85. The number of hydrogen-bond donors (Lipinski definition) is 2. The third-order valence-electron chi connectivity index (χ3n) is 8.51. The number of hydrogen-bond acceptors (Lipinski definition) is 6. The molecule has 1 fully saturated rings. The summed E-state index contributed by atoms with van der Waals surface area (Å²) < 4.78 is 1.81. The second kappa shape index (κ2) is 12.6. The third kappa shape index (κ3) is 6.58. The molecule has 0 aliphatic carbocycles. The van der Waals surface area contributed by atoms with Crippen LogP contribution in [0.2, 0.25) is 5.02 Å². The van der Waals surface area contributed by atoms with Gasteiger partial charge in [0.2, 0.25) is 11.8 Å². The molecule has 9 nitrogen and oxygen atoms in total. The predicted molar refractivity (Wildman–Crippen MR) is 167 cm³/mol. The first-order valence-corrected chi connectivity index (χ1v) is 15.1. The molecule has 0 bridgehead atoms. The van der Waals surface area contributed by atoms with Crippen LogP contribution in [0, 0.1) is 0 Å². The number of aromatic nitrogens is 3. The van der Waals surface area contributed by atoms with Crippen molar-refractivity contribution in [2.75, 3.05) is 31.1 Å². The Bertz CT molecular complexity index is 1570. The van der Waals surface area contributed by atoms with Crippen LogP contribution in [-0.4, -0.2) is 69.2 Å². The maximum Gasteiger partial charge on any atom is 0.245 e. The van der Waals surface area contributed by atoms with E-state index in [1.54, 1.807) is 6.33 Å². The Hall–Kier alpha value is -4.21. The summed E-state index contributed by atoms with van der Waals surface area (Å²) in [4.78, 5) is 36.1. The van der Waals surface area contributed by atoms with E-state index in [2.05, 4.69) is 49.9 Å². The molecule has 6 rings (SSSR count). The molecule has 0 spiro atoms. The van der Waals surface area contributed by atoms with Gasteiger partial charge in [-0.25, -0.2) is 9.67 Å². The lowest BCUT2D eigenvalue weighted by Crippen LogP contribution is -2.62. The van der Waals surface area contributed by atoms with Crippen LogP contribution >= 0.6 is 11.6 Å². The molecule has 3 aromatic carbocycles. The first-order valence-electron chi connectivity index (χ1n) is 14.7. The van der Waals surface area contributed by atoms with Crippen molar-refractivity contribution in [2.45, 2.75) is 44.4 Å². The molecule has 2 aliphatic heterocycles. The van der Waals surface area contributed by atoms with Crippen LogP contribution in [0.4, 0.5) is 5.69 Å². The van der Waals surface area contributed by atoms with Crippen molar-refractivity contribution in [3.05, 3.63) is 113 Å². The Kier molecular flexibility index (Phi) is 8.44. The number of amides is 2. The number of benzene rings is 3. The summed E-state index contributed by atoms with van der Waals surface area (Å²) in [5, 5.41) is 11.4. The fourth-order valence-electron chi connectivity index (χ4n) is 6.00. The van der Waals surface area contributed by atoms with E-state index in [-0.39, 0.29) is 11.8 Å². The van der Waals surface area contributed by atoms with Crippen molar-refractivity contribution in [3.63, 3.8) is 0 Å². The summed E-state index contributed by atoms with van der Waals surface area (Å²) >= 11 is 6.13. The molecule has 1 saturated heterocycles. The number of anilines is 1. The number of piperazine rings is 1. The van der Waals surface area contributed by atoms with Crippen LogP contribution < -0.4 is 15.5 Å². The van der Waals surface area contributed by atoms with E-state index in [1.165, 1.54) is 11.9 Å². The summed E-state index contributed by atoms with van der Waals surface area (Å²) in [6.45, 7) is 5.66. The van der Waals surface area contributed by atoms with Gasteiger partial charge >= 0.3 is 0 Å². The molecule has 43 heavy (non-hydrogen) atoms. The average Bonchev–Trinajstić information content (AvgIpc) is 3.55. The Balaban J connectivity index is 1.16. The minimum Gasteiger partial charge on any atom is -0.368 e. The topological polar surface area (TPSA) is 95.4 Å². The molecule has 0 unspecified atom stereocenters. The molecule has 222 valence electrons. The fraction of sp³-hybridized carbons (Fsp3) is 0.333. The van der Waals surface area contributed by atoms with Gasteiger partial charge in [-0.1, -0.05) is 66.2 Å². The van der Waals surface area contributed by atoms with Crippen molar-refractivity contribution in [1.29, 1.82) is 0 Å². The van der Waals surface area contributed by atoms with Gasteiger partial charge in [0, 0.05) is 49.9 Å². The Morgan fingerprint density at radius 3 is 2.44 bits per heavy atom. The fourth-order valence-corrected chi connectivity index (χ4v) is 6.13. The highest BCUT2D eigenvalue weighted by molar-refractivity contribution is 6.30. The first-order chi connectivity index (χ1) is 20.9. The molecule has 4 aromatic rings. The molecule has 2 amide bonds. The van der Waals surface area contributed by atoms with Gasteiger partial charge in [0.05, 0.1) is 12.1 Å². The van der Waals surface area contributed by atoms with Gasteiger partial charge in [0.1, 0.15) is 18.7 Å². The van der Waals surface area contributed by atoms with Crippen molar-refractivity contribution < 1.29 is 9.59 Å². The second-order valence-electron chi connectivity index (χ2n) is 11.5. The number of nitrogens with zero attached hydrogens (tertiary/aromatic N) is 5. The zero-order valence-corrected chi connectivity index (χ0v) is 25.0. The highest BCUT2D eigenvalue weighted by Gasteiger charge is 2.39. The quantitative estimate of drug-likeness (QED) is 0.323. The Morgan fingerprint density at radius 2 is 1.70 bits per heavy atom. The third-order valence-corrected chi connectivity index (χ3v) is 8.76. The number of carbonyl (C=O) groups is 2. The van der Waals surface area contributed by atoms with Crippen molar-refractivity contribution in [1.82, 2.24) is 30.3 Å². The molecule has 2 atom stereocenters. The minimum absolute atomic E-state index is 0.0707. The van der Waals surface area contributed by atoms with Crippen LogP contribution in [0.1, 0.15) is 29.2 Å². The van der Waals surface area contributed by atoms with Gasteiger partial charge in [-0.2, -0.15) is 5.10 Å². The number of halogens is 1. The predicted octanol–water partition coefficient (Wildman–Crippen LogP) is 3.46. The largest absolute Gasteiger partial charge is 0.368 e. The van der Waals surface area contributed by atoms with Crippen LogP contribution in [0.15, 0.2) is 85.5 Å². The normalized spacial score (nSPS) is 19.0. The molecule has 10 heteroatoms. The maximum absolute atomic E-state index is 14.0. The highest BCUT2D eigenvalue weighted by atomic mass is 35.5. The van der Waals surface area contributed by atoms with Gasteiger partial charge in [-0.3, -0.25) is 14.9 Å². The molecular formula is C33H36ClN7O2. The number of para-hydroxylation sites is 1. The van der Waals surface area contributed by atoms with E-state index < -0.39 is 11.6 Å². The summed E-state index contributed by atoms with van der Waals surface area (Å²) in [6.07, 6.45) is 4.19. The van der Waals surface area contributed by atoms with Gasteiger partial charge in [-0.15, -0.1) is 0 Å². The van der Waals surface area contributed by atoms with Crippen molar-refractivity contribution in [3.8, 4) is 0 Å². The van der Waals surface area contributed by atoms with Gasteiger partial charge in [-0.05, 0) is 53.8 Å². The number of nitrogens with one attached hydrogen (secondary N) is 2. The lowest BCUT2D eigenvalue weighted by molar-refractivity contribution is -0.138. The van der Waals surface area contributed by atoms with Crippen molar-refractivity contribution >= 4 is 29.1 Å². The molecule has 2 aliphatic rings. The van der Waals surface area contributed by atoms with E-state index in [4.69, 9.17) is 11.6 Å². The van der Waals surface area contributed by atoms with E-state index in [0.29, 0.717) is 57.1 Å². The SMILES string of the molecule is C[C@@]1(C(=O)N[C@H](Cc2ccc(Cl)cc2)C(=O)N2CCN(c3ccccc3Cn3cncn3)CC2)Cc2ccccc2CN1. The summed E-state index contributed by atoms with van der Waals surface area (Å²) in [6, 6.07) is 23.2. The smallest absolute Gasteiger partial charge is 0.245 e. The first kappa shape index (κ1) is 28.9. The zero-order valence-electron chi connectivity index (χ0n) is 24.2. The van der Waals surface area contributed by atoms with E-state index >= 15 is 0 Å². The average molecular weight is 598 g/mol. The van der Waals surface area contributed by atoms with Crippen LogP contribution in [-0.2, 0) is 35.5 Å². The Labute approximate surface area is 256 Å². The zero-order chi connectivity index (χ0) is 29.8. The van der Waals surface area contributed by atoms with Gasteiger partial charge in [0.15, 0.2) is 0 Å². The standard InChI is InChI=1S/C33H36ClN7O2/c1-33(19-25-6-2-3-7-26(25)20-36-33)32(43)38-29(18-24-10-12-28(34)13-11-24)31(42)40-16-14-39(15-17-40)30-9-5-4-8-27(30)21-41-23-35-22-37-41/h2-13,22-23,29,36H,14-21H2,1H3,(H,38,43)/t29-,33+/m1/s1. The van der Waals surface area contributed by atoms with Crippen LogP contribution in [0.25, 0.3) is 0 Å². The highest BCUT2D eigenvalue weighted by Crippen LogP contribution is 2.25. The number of fused-ring (bicyclic) bond motifs is 1. The maximum atomic E-state index is 14.0. The molecule has 3 heterocycles. The lowest BCUT2D eigenvalue weighted by Gasteiger charge is -2.39. The molecular weight excluding hydrogens is 562 g/mol. The van der Waals surface area contributed by atoms with E-state index in [9.17, 15) is 9.59 Å². The van der Waals surface area contributed by atoms with Crippen molar-refractivity contribution in [2.24, 2.45) is 0 Å². The van der Waals surface area contributed by atoms with Gasteiger partial charge in [0.25, 0.3) is 0 Å². The van der Waals surface area contributed by atoms with Gasteiger partial charge < -0.3 is 15.1 Å². The number of carbonyl (C=O) groups excluding carboxylic acids is 2.